The van der Waals surface area contributed by atoms with Crippen LogP contribution in [0.2, 0.25) is 0 Å². The highest BCUT2D eigenvalue weighted by atomic mass is 19.1. The number of anilines is 1. The predicted molar refractivity (Wildman–Crippen MR) is 60.3 cm³/mol. The molecule has 0 saturated heterocycles. The Balaban J connectivity index is 2.20. The average molecular weight is 245 g/mol. The summed E-state index contributed by atoms with van der Waals surface area (Å²) in [6.45, 7) is 1.64. The summed E-state index contributed by atoms with van der Waals surface area (Å²) in [5, 5.41) is 14.4. The molecule has 1 amide bonds. The fraction of sp³-hybridized carbons (Fsp3) is 0.0833. The van der Waals surface area contributed by atoms with Crippen LogP contribution in [-0.4, -0.2) is 11.1 Å². The summed E-state index contributed by atoms with van der Waals surface area (Å²) in [5.41, 5.74) is 0.235. The van der Waals surface area contributed by atoms with Crippen molar-refractivity contribution in [3.63, 3.8) is 0 Å². The lowest BCUT2D eigenvalue weighted by atomic mass is 10.2. The number of nitriles is 1. The standard InChI is InChI=1S/C12H8FN3O2/c1-7-4-11(16-18-7)12(17)15-10-3-2-8(6-14)5-9(10)13/h2-5H,1H3,(H,15,17). The largest absolute Gasteiger partial charge is 0.361 e. The third-order valence-corrected chi connectivity index (χ3v) is 2.21. The molecule has 0 aliphatic rings. The number of aryl methyl sites for hydroxylation is 1. The minimum absolute atomic E-state index is 0.0142. The second-order valence-corrected chi connectivity index (χ2v) is 3.58. The van der Waals surface area contributed by atoms with E-state index in [2.05, 4.69) is 10.5 Å². The summed E-state index contributed by atoms with van der Waals surface area (Å²) in [6.07, 6.45) is 0. The maximum atomic E-state index is 13.5. The summed E-state index contributed by atoms with van der Waals surface area (Å²) >= 11 is 0. The number of hydrogen-bond donors (Lipinski definition) is 1. The van der Waals surface area contributed by atoms with Gasteiger partial charge in [-0.25, -0.2) is 4.39 Å². The Morgan fingerprint density at radius 2 is 2.28 bits per heavy atom. The van der Waals surface area contributed by atoms with E-state index in [0.717, 1.165) is 6.07 Å². The molecule has 0 unspecified atom stereocenters. The second kappa shape index (κ2) is 4.67. The van der Waals surface area contributed by atoms with Crippen molar-refractivity contribution in [1.29, 1.82) is 5.26 Å². The van der Waals surface area contributed by atoms with Gasteiger partial charge in [-0.05, 0) is 25.1 Å². The number of benzene rings is 1. The monoisotopic (exact) mass is 245 g/mol. The minimum atomic E-state index is -0.678. The van der Waals surface area contributed by atoms with Gasteiger partial charge >= 0.3 is 0 Å². The Kier molecular flexibility index (Phi) is 3.06. The van der Waals surface area contributed by atoms with E-state index in [-0.39, 0.29) is 16.9 Å². The van der Waals surface area contributed by atoms with Gasteiger partial charge in [-0.2, -0.15) is 5.26 Å². The Labute approximate surface area is 102 Å². The molecule has 1 aromatic carbocycles. The molecule has 18 heavy (non-hydrogen) atoms. The maximum absolute atomic E-state index is 13.5. The SMILES string of the molecule is Cc1cc(C(=O)Nc2ccc(C#N)cc2F)no1. The first-order chi connectivity index (χ1) is 8.60. The van der Waals surface area contributed by atoms with Crippen molar-refractivity contribution in [2.45, 2.75) is 6.92 Å². The van der Waals surface area contributed by atoms with Crippen LogP contribution in [0.1, 0.15) is 21.8 Å². The van der Waals surface area contributed by atoms with E-state index in [0.29, 0.717) is 5.76 Å². The van der Waals surface area contributed by atoms with Crippen LogP contribution in [0.25, 0.3) is 0 Å². The van der Waals surface area contributed by atoms with Crippen LogP contribution in [0.15, 0.2) is 28.8 Å². The van der Waals surface area contributed by atoms with Crippen molar-refractivity contribution in [1.82, 2.24) is 5.16 Å². The quantitative estimate of drug-likeness (QED) is 0.879. The number of amides is 1. The van der Waals surface area contributed by atoms with Gasteiger partial charge in [-0.15, -0.1) is 0 Å². The highest BCUT2D eigenvalue weighted by Crippen LogP contribution is 2.16. The number of carbonyl (C=O) groups is 1. The first-order valence-electron chi connectivity index (χ1n) is 5.04. The molecule has 0 fully saturated rings. The lowest BCUT2D eigenvalue weighted by molar-refractivity contribution is 0.101. The van der Waals surface area contributed by atoms with E-state index in [1.54, 1.807) is 13.0 Å². The summed E-state index contributed by atoms with van der Waals surface area (Å²) in [4.78, 5) is 11.7. The molecule has 0 aliphatic carbocycles. The normalized spacial score (nSPS) is 9.83. The number of aromatic nitrogens is 1. The number of carbonyl (C=O) groups excluding carboxylic acids is 1. The highest BCUT2D eigenvalue weighted by molar-refractivity contribution is 6.02. The van der Waals surface area contributed by atoms with Gasteiger partial charge in [-0.1, -0.05) is 5.16 Å². The van der Waals surface area contributed by atoms with Crippen LogP contribution in [0.4, 0.5) is 10.1 Å². The van der Waals surface area contributed by atoms with E-state index in [1.807, 2.05) is 0 Å². The molecule has 0 atom stereocenters. The van der Waals surface area contributed by atoms with E-state index in [4.69, 9.17) is 9.78 Å². The number of nitrogens with one attached hydrogen (secondary N) is 1. The summed E-state index contributed by atoms with van der Waals surface area (Å²) in [5.74, 6) is -0.765. The molecular formula is C12H8FN3O2. The van der Waals surface area contributed by atoms with Crippen molar-refractivity contribution in [2.24, 2.45) is 0 Å². The van der Waals surface area contributed by atoms with Gasteiger partial charge in [0.25, 0.3) is 5.91 Å². The van der Waals surface area contributed by atoms with Crippen molar-refractivity contribution in [3.8, 4) is 6.07 Å². The molecule has 0 saturated carbocycles. The third kappa shape index (κ3) is 2.35. The Bertz CT molecular complexity index is 643. The third-order valence-electron chi connectivity index (χ3n) is 2.21. The van der Waals surface area contributed by atoms with Crippen LogP contribution >= 0.6 is 0 Å². The molecule has 90 valence electrons. The van der Waals surface area contributed by atoms with Gasteiger partial charge in [0.1, 0.15) is 11.6 Å². The predicted octanol–water partition coefficient (Wildman–Crippen LogP) is 2.25. The number of rotatable bonds is 2. The zero-order valence-corrected chi connectivity index (χ0v) is 9.40. The Morgan fingerprint density at radius 3 is 2.83 bits per heavy atom. The van der Waals surface area contributed by atoms with Gasteiger partial charge in [0.2, 0.25) is 0 Å². The highest BCUT2D eigenvalue weighted by Gasteiger charge is 2.13. The lowest BCUT2D eigenvalue weighted by Gasteiger charge is -2.04. The van der Waals surface area contributed by atoms with E-state index in [9.17, 15) is 9.18 Å². The molecule has 2 aromatic rings. The van der Waals surface area contributed by atoms with Crippen LogP contribution in [-0.2, 0) is 0 Å². The molecule has 1 heterocycles. The van der Waals surface area contributed by atoms with Gasteiger partial charge in [-0.3, -0.25) is 4.79 Å². The van der Waals surface area contributed by atoms with E-state index < -0.39 is 11.7 Å². The molecule has 6 heteroatoms. The second-order valence-electron chi connectivity index (χ2n) is 3.58. The number of nitrogens with zero attached hydrogens (tertiary/aromatic N) is 2. The van der Waals surface area contributed by atoms with Crippen LogP contribution in [0.5, 0.6) is 0 Å². The molecule has 1 N–H and O–H groups in total. The van der Waals surface area contributed by atoms with Gasteiger partial charge in [0.05, 0.1) is 17.3 Å². The van der Waals surface area contributed by atoms with Gasteiger partial charge in [0, 0.05) is 6.07 Å². The topological polar surface area (TPSA) is 78.9 Å². The van der Waals surface area contributed by atoms with E-state index >= 15 is 0 Å². The van der Waals surface area contributed by atoms with E-state index in [1.165, 1.54) is 18.2 Å². The molecular weight excluding hydrogens is 237 g/mol. The molecule has 1 aromatic heterocycles. The smallest absolute Gasteiger partial charge is 0.277 e. The zero-order chi connectivity index (χ0) is 13.1. The van der Waals surface area contributed by atoms with Crippen molar-refractivity contribution < 1.29 is 13.7 Å². The van der Waals surface area contributed by atoms with Gasteiger partial charge in [0.15, 0.2) is 5.69 Å². The molecule has 0 radical (unpaired) electrons. The van der Waals surface area contributed by atoms with Crippen LogP contribution in [0.3, 0.4) is 0 Å². The van der Waals surface area contributed by atoms with Crippen LogP contribution in [0, 0.1) is 24.1 Å². The molecule has 5 nitrogen and oxygen atoms in total. The zero-order valence-electron chi connectivity index (χ0n) is 9.40. The Morgan fingerprint density at radius 1 is 1.50 bits per heavy atom. The molecule has 0 aliphatic heterocycles. The molecule has 0 spiro atoms. The molecule has 2 rings (SSSR count). The number of halogens is 1. The number of hydrogen-bond acceptors (Lipinski definition) is 4. The summed E-state index contributed by atoms with van der Waals surface area (Å²) in [7, 11) is 0. The maximum Gasteiger partial charge on any atom is 0.277 e. The average Bonchev–Trinajstić information content (AvgIpc) is 2.78. The Hall–Kier alpha value is -2.68. The lowest BCUT2D eigenvalue weighted by Crippen LogP contribution is -2.13. The summed E-state index contributed by atoms with van der Waals surface area (Å²) in [6, 6.07) is 7.02. The fourth-order valence-electron chi connectivity index (χ4n) is 1.35. The fourth-order valence-corrected chi connectivity index (χ4v) is 1.35. The van der Waals surface area contributed by atoms with Crippen molar-refractivity contribution in [2.75, 3.05) is 5.32 Å². The van der Waals surface area contributed by atoms with Crippen molar-refractivity contribution >= 4 is 11.6 Å². The first-order valence-corrected chi connectivity index (χ1v) is 5.04. The first kappa shape index (κ1) is 11.8. The molecule has 0 bridgehead atoms. The van der Waals surface area contributed by atoms with Crippen LogP contribution < -0.4 is 5.32 Å². The minimum Gasteiger partial charge on any atom is -0.361 e. The van der Waals surface area contributed by atoms with Crippen molar-refractivity contribution in [3.05, 3.63) is 47.1 Å². The summed E-state index contributed by atoms with van der Waals surface area (Å²) < 4.78 is 18.3. The van der Waals surface area contributed by atoms with Gasteiger partial charge < -0.3 is 9.84 Å².